The Hall–Kier alpha value is -4.06. The van der Waals surface area contributed by atoms with Crippen LogP contribution in [-0.2, 0) is 16.2 Å². The molecule has 192 valence electrons. The van der Waals surface area contributed by atoms with E-state index >= 15 is 0 Å². The number of carbonyl (C=O) groups excluding carboxylic acids is 3. The van der Waals surface area contributed by atoms with Gasteiger partial charge in [-0.2, -0.15) is 4.98 Å². The third-order valence-corrected chi connectivity index (χ3v) is 6.79. The second-order valence-electron chi connectivity index (χ2n) is 9.90. The van der Waals surface area contributed by atoms with Crippen molar-refractivity contribution in [3.05, 3.63) is 41.6 Å². The van der Waals surface area contributed by atoms with Crippen LogP contribution in [0.25, 0.3) is 5.65 Å². The third kappa shape index (κ3) is 4.59. The van der Waals surface area contributed by atoms with Gasteiger partial charge in [-0.25, -0.2) is 14.8 Å². The molecule has 1 unspecified atom stereocenters. The molecule has 3 aromatic heterocycles. The average Bonchev–Trinajstić information content (AvgIpc) is 3.80. The van der Waals surface area contributed by atoms with Gasteiger partial charge in [-0.1, -0.05) is 0 Å². The molecule has 0 aromatic carbocycles. The van der Waals surface area contributed by atoms with Crippen LogP contribution in [0.1, 0.15) is 61.7 Å². The predicted octanol–water partition coefficient (Wildman–Crippen LogP) is 2.38. The van der Waals surface area contributed by atoms with Crippen LogP contribution >= 0.6 is 0 Å². The first-order valence-corrected chi connectivity index (χ1v) is 12.4. The topological polar surface area (TPSA) is 142 Å². The maximum Gasteiger partial charge on any atom is 0.331 e. The minimum Gasteiger partial charge on any atom is -0.471 e. The first-order chi connectivity index (χ1) is 17.8. The summed E-state index contributed by atoms with van der Waals surface area (Å²) in [5.74, 6) is 0.648. The van der Waals surface area contributed by atoms with Crippen molar-refractivity contribution in [2.75, 3.05) is 23.8 Å². The Morgan fingerprint density at radius 3 is 2.59 bits per heavy atom. The summed E-state index contributed by atoms with van der Waals surface area (Å²) in [4.78, 5) is 52.8. The summed E-state index contributed by atoms with van der Waals surface area (Å²) in [6.07, 6.45) is 6.76. The lowest BCUT2D eigenvalue weighted by Crippen LogP contribution is -2.30. The van der Waals surface area contributed by atoms with Gasteiger partial charge < -0.3 is 19.6 Å². The number of hydrogen-bond acceptors (Lipinski definition) is 8. The summed E-state index contributed by atoms with van der Waals surface area (Å²) >= 11 is 0. The van der Waals surface area contributed by atoms with E-state index in [0.717, 1.165) is 36.1 Å². The Kier molecular flexibility index (Phi) is 5.55. The normalized spacial score (nSPS) is 18.6. The molecule has 2 saturated carbocycles. The minimum absolute atomic E-state index is 0.000368. The molecule has 6 rings (SSSR count). The average molecular weight is 506 g/mol. The SMILES string of the molecule is CC(O)c1nc(NC(=O)C2CC2)cc(OCc2cn3cc(C4CC4)cc(N4CC(=O)N(C)C4=O)c3n2)n1. The maximum atomic E-state index is 12.7. The van der Waals surface area contributed by atoms with E-state index in [1.165, 1.54) is 24.9 Å². The first kappa shape index (κ1) is 23.3. The van der Waals surface area contributed by atoms with Gasteiger partial charge in [0.1, 0.15) is 25.1 Å². The quantitative estimate of drug-likeness (QED) is 0.445. The first-order valence-electron chi connectivity index (χ1n) is 12.4. The summed E-state index contributed by atoms with van der Waals surface area (Å²) in [6.45, 7) is 1.56. The lowest BCUT2D eigenvalue weighted by molar-refractivity contribution is -0.124. The fourth-order valence-corrected chi connectivity index (χ4v) is 4.33. The van der Waals surface area contributed by atoms with Crippen LogP contribution in [0.5, 0.6) is 5.88 Å². The lowest BCUT2D eigenvalue weighted by Gasteiger charge is -2.17. The summed E-state index contributed by atoms with van der Waals surface area (Å²) in [6, 6.07) is 3.08. The largest absolute Gasteiger partial charge is 0.471 e. The van der Waals surface area contributed by atoms with Gasteiger partial charge in [0, 0.05) is 31.4 Å². The highest BCUT2D eigenvalue weighted by Crippen LogP contribution is 2.42. The number of fused-ring (bicyclic) bond motifs is 1. The number of urea groups is 1. The summed E-state index contributed by atoms with van der Waals surface area (Å²) in [7, 11) is 1.47. The van der Waals surface area contributed by atoms with E-state index in [1.807, 2.05) is 22.9 Å². The summed E-state index contributed by atoms with van der Waals surface area (Å²) in [5.41, 5.74) is 2.81. The highest BCUT2D eigenvalue weighted by atomic mass is 16.5. The van der Waals surface area contributed by atoms with Gasteiger partial charge in [0.05, 0.1) is 11.4 Å². The molecule has 0 radical (unpaired) electrons. The molecule has 12 nitrogen and oxygen atoms in total. The Labute approximate surface area is 212 Å². The molecule has 4 heterocycles. The van der Waals surface area contributed by atoms with E-state index < -0.39 is 6.10 Å². The van der Waals surface area contributed by atoms with Gasteiger partial charge in [0.2, 0.25) is 17.7 Å². The molecule has 1 saturated heterocycles. The standard InChI is InChI=1S/C25H27N7O5/c1-13(33)22-27-19(28-24(35)15-5-6-15)8-20(29-22)37-12-17-10-31-9-16(14-3-4-14)7-18(23(31)26-17)32-11-21(34)30(2)25(32)36/h7-10,13-15,33H,3-6,11-12H2,1-2H3,(H,27,28,29,35). The lowest BCUT2D eigenvalue weighted by atomic mass is 10.1. The van der Waals surface area contributed by atoms with E-state index in [2.05, 4.69) is 20.3 Å². The molecule has 37 heavy (non-hydrogen) atoms. The molecule has 2 N–H and O–H groups in total. The number of imide groups is 1. The van der Waals surface area contributed by atoms with Crippen molar-refractivity contribution < 1.29 is 24.2 Å². The number of amides is 4. The summed E-state index contributed by atoms with van der Waals surface area (Å²) in [5, 5.41) is 12.8. The number of likely N-dealkylation sites (N-methyl/N-ethyl adjacent to an activating group) is 1. The second kappa shape index (κ2) is 8.80. The molecule has 0 spiro atoms. The number of nitrogens with zero attached hydrogens (tertiary/aromatic N) is 6. The van der Waals surface area contributed by atoms with Crippen molar-refractivity contribution in [1.82, 2.24) is 24.3 Å². The Balaban J connectivity index is 1.28. The van der Waals surface area contributed by atoms with Crippen molar-refractivity contribution in [2.24, 2.45) is 5.92 Å². The Morgan fingerprint density at radius 1 is 1.16 bits per heavy atom. The van der Waals surface area contributed by atoms with Crippen molar-refractivity contribution in [2.45, 2.75) is 51.2 Å². The molecular weight excluding hydrogens is 478 g/mol. The van der Waals surface area contributed by atoms with Gasteiger partial charge in [-0.05, 0) is 50.2 Å². The maximum absolute atomic E-state index is 12.7. The van der Waals surface area contributed by atoms with Gasteiger partial charge in [0.15, 0.2) is 11.5 Å². The van der Waals surface area contributed by atoms with Gasteiger partial charge in [-0.15, -0.1) is 0 Å². The van der Waals surface area contributed by atoms with E-state index in [9.17, 15) is 19.5 Å². The minimum atomic E-state index is -0.947. The number of nitrogens with one attached hydrogen (secondary N) is 1. The van der Waals surface area contributed by atoms with Crippen LogP contribution in [-0.4, -0.2) is 60.8 Å². The zero-order valence-electron chi connectivity index (χ0n) is 20.5. The zero-order chi connectivity index (χ0) is 25.8. The van der Waals surface area contributed by atoms with Gasteiger partial charge in [-0.3, -0.25) is 19.4 Å². The molecule has 3 aliphatic rings. The molecule has 12 heteroatoms. The van der Waals surface area contributed by atoms with Crippen molar-refractivity contribution in [3.8, 4) is 5.88 Å². The Morgan fingerprint density at radius 2 is 1.95 bits per heavy atom. The zero-order valence-corrected chi connectivity index (χ0v) is 20.5. The number of imidazole rings is 1. The van der Waals surface area contributed by atoms with E-state index in [4.69, 9.17) is 4.74 Å². The molecule has 3 aromatic rings. The monoisotopic (exact) mass is 505 g/mol. The smallest absolute Gasteiger partial charge is 0.331 e. The van der Waals surface area contributed by atoms with Gasteiger partial charge >= 0.3 is 6.03 Å². The third-order valence-electron chi connectivity index (χ3n) is 6.79. The van der Waals surface area contributed by atoms with E-state index in [-0.39, 0.29) is 54.4 Å². The van der Waals surface area contributed by atoms with Gasteiger partial charge in [0.25, 0.3) is 0 Å². The molecule has 1 atom stereocenters. The number of pyridine rings is 1. The van der Waals surface area contributed by atoms with E-state index in [1.54, 1.807) is 0 Å². The number of aliphatic hydroxyl groups is 1. The van der Waals surface area contributed by atoms with Crippen molar-refractivity contribution in [3.63, 3.8) is 0 Å². The molecule has 3 fully saturated rings. The number of aromatic nitrogens is 4. The van der Waals surface area contributed by atoms with Crippen LogP contribution < -0.4 is 15.0 Å². The van der Waals surface area contributed by atoms with Crippen LogP contribution in [0.4, 0.5) is 16.3 Å². The number of aliphatic hydroxyl groups excluding tert-OH is 1. The predicted molar refractivity (Wildman–Crippen MR) is 131 cm³/mol. The van der Waals surface area contributed by atoms with Crippen LogP contribution in [0.2, 0.25) is 0 Å². The van der Waals surface area contributed by atoms with Crippen LogP contribution in [0.3, 0.4) is 0 Å². The van der Waals surface area contributed by atoms with Crippen LogP contribution in [0, 0.1) is 5.92 Å². The number of ether oxygens (including phenoxy) is 1. The number of anilines is 2. The fourth-order valence-electron chi connectivity index (χ4n) is 4.33. The highest BCUT2D eigenvalue weighted by Gasteiger charge is 2.36. The molecule has 2 aliphatic carbocycles. The molecule has 4 amide bonds. The summed E-state index contributed by atoms with van der Waals surface area (Å²) < 4.78 is 7.75. The Bertz CT molecular complexity index is 1430. The molecule has 0 bridgehead atoms. The van der Waals surface area contributed by atoms with E-state index in [0.29, 0.717) is 22.9 Å². The number of carbonyl (C=O) groups is 3. The van der Waals surface area contributed by atoms with Crippen LogP contribution in [0.15, 0.2) is 24.5 Å². The molecule has 1 aliphatic heterocycles. The van der Waals surface area contributed by atoms with Crippen molar-refractivity contribution in [1.29, 1.82) is 0 Å². The number of hydrogen-bond donors (Lipinski definition) is 2. The number of rotatable bonds is 8. The molecular formula is C25H27N7O5. The second-order valence-corrected chi connectivity index (χ2v) is 9.90. The van der Waals surface area contributed by atoms with Crippen molar-refractivity contribution >= 4 is 35.0 Å². The fraction of sp³-hybridized carbons (Fsp3) is 0.440. The highest BCUT2D eigenvalue weighted by molar-refractivity contribution is 6.13.